The minimum atomic E-state index is -0.892. The number of rotatable bonds is 3. The molecular formula is C14H11BrF2N2O2. The highest BCUT2D eigenvalue weighted by Gasteiger charge is 2.17. The van der Waals surface area contributed by atoms with Gasteiger partial charge in [-0.3, -0.25) is 4.79 Å². The van der Waals surface area contributed by atoms with Crippen LogP contribution in [0.25, 0.3) is 0 Å². The molecule has 2 rings (SSSR count). The molecule has 0 unspecified atom stereocenters. The summed E-state index contributed by atoms with van der Waals surface area (Å²) in [5, 5.41) is 2.35. The van der Waals surface area contributed by atoms with Crippen LogP contribution in [0.15, 0.2) is 34.8 Å². The molecule has 0 saturated carbocycles. The largest absolute Gasteiger partial charge is 0.495 e. The number of hydrogen-bond acceptors (Lipinski definition) is 3. The highest BCUT2D eigenvalue weighted by Crippen LogP contribution is 2.29. The van der Waals surface area contributed by atoms with Gasteiger partial charge in [-0.25, -0.2) is 8.78 Å². The Labute approximate surface area is 128 Å². The number of benzene rings is 2. The molecule has 2 aromatic rings. The van der Waals surface area contributed by atoms with Crippen LogP contribution in [0, 0.1) is 11.6 Å². The van der Waals surface area contributed by atoms with Crippen molar-refractivity contribution >= 4 is 33.2 Å². The Kier molecular flexibility index (Phi) is 4.42. The van der Waals surface area contributed by atoms with Crippen molar-refractivity contribution in [3.63, 3.8) is 0 Å². The van der Waals surface area contributed by atoms with Crippen molar-refractivity contribution in [3.05, 3.63) is 52.0 Å². The average Bonchev–Trinajstić information content (AvgIpc) is 2.42. The first kappa shape index (κ1) is 15.2. The number of nitrogens with one attached hydrogen (secondary N) is 1. The van der Waals surface area contributed by atoms with Gasteiger partial charge in [-0.05, 0) is 34.1 Å². The van der Waals surface area contributed by atoms with E-state index in [-0.39, 0.29) is 21.4 Å². The molecule has 0 aliphatic rings. The third-order valence-electron chi connectivity index (χ3n) is 2.78. The maximum Gasteiger partial charge on any atom is 0.258 e. The maximum absolute atomic E-state index is 13.7. The van der Waals surface area contributed by atoms with Gasteiger partial charge in [0.05, 0.1) is 24.0 Å². The van der Waals surface area contributed by atoms with Crippen LogP contribution in [0.1, 0.15) is 10.4 Å². The molecule has 0 aromatic heterocycles. The third-order valence-corrected chi connectivity index (χ3v) is 3.40. The smallest absolute Gasteiger partial charge is 0.258 e. The highest BCUT2D eigenvalue weighted by molar-refractivity contribution is 9.10. The number of carbonyl (C=O) groups is 1. The van der Waals surface area contributed by atoms with Gasteiger partial charge in [0.25, 0.3) is 5.91 Å². The molecule has 2 aromatic carbocycles. The number of nitrogens with two attached hydrogens (primary N) is 1. The third kappa shape index (κ3) is 3.13. The van der Waals surface area contributed by atoms with Crippen molar-refractivity contribution in [1.82, 2.24) is 0 Å². The first-order chi connectivity index (χ1) is 9.93. The van der Waals surface area contributed by atoms with E-state index < -0.39 is 17.5 Å². The predicted molar refractivity (Wildman–Crippen MR) is 79.4 cm³/mol. The second kappa shape index (κ2) is 6.09. The zero-order chi connectivity index (χ0) is 15.6. The summed E-state index contributed by atoms with van der Waals surface area (Å²) in [5.41, 5.74) is 5.90. The predicted octanol–water partition coefficient (Wildman–Crippen LogP) is 3.57. The normalized spacial score (nSPS) is 10.3. The lowest BCUT2D eigenvalue weighted by molar-refractivity contribution is 0.102. The molecule has 21 heavy (non-hydrogen) atoms. The van der Waals surface area contributed by atoms with Crippen molar-refractivity contribution in [2.24, 2.45) is 0 Å². The van der Waals surface area contributed by atoms with Crippen LogP contribution in [0.3, 0.4) is 0 Å². The van der Waals surface area contributed by atoms with E-state index >= 15 is 0 Å². The lowest BCUT2D eigenvalue weighted by Gasteiger charge is -2.12. The van der Waals surface area contributed by atoms with Gasteiger partial charge in [-0.2, -0.15) is 0 Å². The number of nitrogen functional groups attached to an aromatic ring is 1. The monoisotopic (exact) mass is 356 g/mol. The molecule has 0 fully saturated rings. The summed E-state index contributed by atoms with van der Waals surface area (Å²) in [4.78, 5) is 12.2. The summed E-state index contributed by atoms with van der Waals surface area (Å²) in [7, 11) is 1.42. The van der Waals surface area contributed by atoms with E-state index in [0.717, 1.165) is 6.07 Å². The fraction of sp³-hybridized carbons (Fsp3) is 0.0714. The van der Waals surface area contributed by atoms with Crippen LogP contribution in [0.5, 0.6) is 5.75 Å². The highest BCUT2D eigenvalue weighted by atomic mass is 79.9. The molecule has 0 saturated heterocycles. The summed E-state index contributed by atoms with van der Waals surface area (Å²) < 4.78 is 31.8. The first-order valence-electron chi connectivity index (χ1n) is 5.82. The molecule has 0 aliphatic heterocycles. The molecule has 4 nitrogen and oxygen atoms in total. The van der Waals surface area contributed by atoms with Gasteiger partial charge in [-0.15, -0.1) is 0 Å². The Bertz CT molecular complexity index is 684. The number of carbonyl (C=O) groups excluding carboxylic acids is 1. The molecule has 0 atom stereocenters. The molecule has 0 aliphatic carbocycles. The van der Waals surface area contributed by atoms with Gasteiger partial charge in [0.1, 0.15) is 11.6 Å². The number of amides is 1. The van der Waals surface area contributed by atoms with Gasteiger partial charge >= 0.3 is 0 Å². The number of methoxy groups -OCH3 is 1. The van der Waals surface area contributed by atoms with Crippen molar-refractivity contribution in [2.45, 2.75) is 0 Å². The fourth-order valence-electron chi connectivity index (χ4n) is 1.76. The number of para-hydroxylation sites is 1. The second-order valence-corrected chi connectivity index (χ2v) is 4.97. The van der Waals surface area contributed by atoms with Crippen LogP contribution in [0.2, 0.25) is 0 Å². The number of hydrogen-bond donors (Lipinski definition) is 2. The Morgan fingerprint density at radius 3 is 2.67 bits per heavy atom. The van der Waals surface area contributed by atoms with Gasteiger partial charge in [0.15, 0.2) is 5.82 Å². The van der Waals surface area contributed by atoms with E-state index in [9.17, 15) is 13.6 Å². The molecule has 7 heteroatoms. The zero-order valence-corrected chi connectivity index (χ0v) is 12.5. The average molecular weight is 357 g/mol. The zero-order valence-electron chi connectivity index (χ0n) is 10.9. The van der Waals surface area contributed by atoms with Crippen LogP contribution in [-0.2, 0) is 0 Å². The Balaban J connectivity index is 2.35. The van der Waals surface area contributed by atoms with Gasteiger partial charge in [-0.1, -0.05) is 6.07 Å². The van der Waals surface area contributed by atoms with Crippen LogP contribution in [0.4, 0.5) is 20.2 Å². The molecule has 3 N–H and O–H groups in total. The van der Waals surface area contributed by atoms with Crippen LogP contribution in [-0.4, -0.2) is 13.0 Å². The van der Waals surface area contributed by atoms with Gasteiger partial charge in [0.2, 0.25) is 0 Å². The lowest BCUT2D eigenvalue weighted by Crippen LogP contribution is -2.16. The van der Waals surface area contributed by atoms with E-state index in [2.05, 4.69) is 21.2 Å². The molecule has 110 valence electrons. The molecular weight excluding hydrogens is 346 g/mol. The van der Waals surface area contributed by atoms with Crippen LogP contribution < -0.4 is 15.8 Å². The number of anilines is 2. The van der Waals surface area contributed by atoms with Crippen LogP contribution >= 0.6 is 15.9 Å². The molecule has 0 radical (unpaired) electrons. The SMILES string of the molecule is COc1cccc(C(=O)Nc2c(F)cc(F)cc2Br)c1N. The van der Waals surface area contributed by atoms with Gasteiger partial charge in [0, 0.05) is 10.5 Å². The Hall–Kier alpha value is -2.15. The molecule has 0 bridgehead atoms. The number of halogens is 3. The van der Waals surface area contributed by atoms with E-state index in [1.165, 1.54) is 13.2 Å². The quantitative estimate of drug-likeness (QED) is 0.826. The Morgan fingerprint density at radius 1 is 1.33 bits per heavy atom. The van der Waals surface area contributed by atoms with E-state index in [1.54, 1.807) is 12.1 Å². The maximum atomic E-state index is 13.7. The second-order valence-electron chi connectivity index (χ2n) is 4.12. The minimum absolute atomic E-state index is 0.0924. The molecule has 1 amide bonds. The standard InChI is InChI=1S/C14H11BrF2N2O2/c1-21-11-4-2-3-8(12(11)18)14(20)19-13-9(15)5-7(16)6-10(13)17/h2-6H,18H2,1H3,(H,19,20). The van der Waals surface area contributed by atoms with E-state index in [0.29, 0.717) is 11.8 Å². The molecule has 0 spiro atoms. The van der Waals surface area contributed by atoms with Crippen molar-refractivity contribution in [3.8, 4) is 5.75 Å². The van der Waals surface area contributed by atoms with E-state index in [1.807, 2.05) is 0 Å². The van der Waals surface area contributed by atoms with Gasteiger partial charge < -0.3 is 15.8 Å². The minimum Gasteiger partial charge on any atom is -0.495 e. The van der Waals surface area contributed by atoms with Crippen molar-refractivity contribution in [2.75, 3.05) is 18.2 Å². The molecule has 0 heterocycles. The summed E-state index contributed by atoms with van der Waals surface area (Å²) in [6, 6.07) is 6.38. The first-order valence-corrected chi connectivity index (χ1v) is 6.61. The summed E-state index contributed by atoms with van der Waals surface area (Å²) in [6.07, 6.45) is 0. The fourth-order valence-corrected chi connectivity index (χ4v) is 2.27. The van der Waals surface area contributed by atoms with Crippen molar-refractivity contribution < 1.29 is 18.3 Å². The summed E-state index contributed by atoms with van der Waals surface area (Å²) in [6.45, 7) is 0. The summed E-state index contributed by atoms with van der Waals surface area (Å²) in [5.74, 6) is -1.94. The lowest BCUT2D eigenvalue weighted by atomic mass is 10.1. The Morgan fingerprint density at radius 2 is 2.05 bits per heavy atom. The number of ether oxygens (including phenoxy) is 1. The van der Waals surface area contributed by atoms with Crippen molar-refractivity contribution in [1.29, 1.82) is 0 Å². The van der Waals surface area contributed by atoms with E-state index in [4.69, 9.17) is 10.5 Å². The topological polar surface area (TPSA) is 64.3 Å². The summed E-state index contributed by atoms with van der Waals surface area (Å²) >= 11 is 2.99.